The topological polar surface area (TPSA) is 20.3 Å². The monoisotopic (exact) mass is 227 g/mol. The summed E-state index contributed by atoms with van der Waals surface area (Å²) in [6.45, 7) is 3.91. The van der Waals surface area contributed by atoms with E-state index in [2.05, 4.69) is 31.2 Å². The lowest BCUT2D eigenvalue weighted by molar-refractivity contribution is -0.116. The van der Waals surface area contributed by atoms with Gasteiger partial charge in [-0.3, -0.25) is 9.69 Å². The van der Waals surface area contributed by atoms with Crippen molar-refractivity contribution in [3.05, 3.63) is 41.6 Å². The summed E-state index contributed by atoms with van der Waals surface area (Å²) in [7, 11) is 0. The second kappa shape index (κ2) is 3.46. The molecule has 1 amide bonds. The Morgan fingerprint density at radius 1 is 1.35 bits per heavy atom. The van der Waals surface area contributed by atoms with Gasteiger partial charge in [0.05, 0.1) is 5.69 Å². The summed E-state index contributed by atoms with van der Waals surface area (Å²) in [6.07, 6.45) is 5.67. The van der Waals surface area contributed by atoms with Gasteiger partial charge in [-0.25, -0.2) is 0 Å². The molecule has 17 heavy (non-hydrogen) atoms. The van der Waals surface area contributed by atoms with Crippen molar-refractivity contribution in [2.24, 2.45) is 0 Å². The lowest BCUT2D eigenvalue weighted by atomic mass is 9.74. The molecule has 2 heteroatoms. The number of allylic oxidation sites excluding steroid dienone is 2. The van der Waals surface area contributed by atoms with Gasteiger partial charge in [-0.05, 0) is 37.8 Å². The summed E-state index contributed by atoms with van der Waals surface area (Å²) in [5.41, 5.74) is 3.62. The maximum atomic E-state index is 11.9. The van der Waals surface area contributed by atoms with E-state index in [-0.39, 0.29) is 11.3 Å². The minimum absolute atomic E-state index is 0.0422. The van der Waals surface area contributed by atoms with E-state index in [1.165, 1.54) is 17.7 Å². The number of amides is 1. The van der Waals surface area contributed by atoms with Gasteiger partial charge in [-0.2, -0.15) is 0 Å². The van der Waals surface area contributed by atoms with Crippen LogP contribution < -0.4 is 4.90 Å². The fourth-order valence-electron chi connectivity index (χ4n) is 3.26. The molecule has 88 valence electrons. The zero-order chi connectivity index (χ0) is 12.0. The van der Waals surface area contributed by atoms with Crippen molar-refractivity contribution in [3.63, 3.8) is 0 Å². The molecule has 0 saturated carbocycles. The van der Waals surface area contributed by atoms with Crippen molar-refractivity contribution < 1.29 is 4.79 Å². The highest BCUT2D eigenvalue weighted by molar-refractivity contribution is 5.99. The van der Waals surface area contributed by atoms with E-state index in [9.17, 15) is 4.79 Å². The molecule has 1 heterocycles. The highest BCUT2D eigenvalue weighted by atomic mass is 16.2. The van der Waals surface area contributed by atoms with Crippen LogP contribution in [0.4, 0.5) is 5.69 Å². The first-order valence-electron chi connectivity index (χ1n) is 6.25. The Kier molecular flexibility index (Phi) is 2.15. The zero-order valence-electron chi connectivity index (χ0n) is 10.4. The van der Waals surface area contributed by atoms with Crippen molar-refractivity contribution in [2.45, 2.75) is 38.5 Å². The molecule has 0 aromatic heterocycles. The van der Waals surface area contributed by atoms with Crippen LogP contribution in [0, 0.1) is 0 Å². The van der Waals surface area contributed by atoms with Crippen LogP contribution in [-0.2, 0) is 10.2 Å². The quantitative estimate of drug-likeness (QED) is 0.665. The van der Waals surface area contributed by atoms with E-state index in [4.69, 9.17) is 0 Å². The zero-order valence-corrected chi connectivity index (χ0v) is 10.4. The Balaban J connectivity index is 2.27. The summed E-state index contributed by atoms with van der Waals surface area (Å²) in [5, 5.41) is 0. The smallest absolute Gasteiger partial charge is 0.228 e. The number of fused-ring (bicyclic) bond motifs is 3. The number of para-hydroxylation sites is 1. The molecule has 1 aromatic carbocycles. The molecule has 2 nitrogen and oxygen atoms in total. The summed E-state index contributed by atoms with van der Waals surface area (Å²) in [6, 6.07) is 8.30. The van der Waals surface area contributed by atoms with E-state index >= 15 is 0 Å². The van der Waals surface area contributed by atoms with Crippen molar-refractivity contribution >= 4 is 11.6 Å². The first-order chi connectivity index (χ1) is 8.14. The van der Waals surface area contributed by atoms with Gasteiger partial charge in [-0.15, -0.1) is 0 Å². The third-order valence-electron chi connectivity index (χ3n) is 4.08. The highest BCUT2D eigenvalue weighted by Crippen LogP contribution is 2.52. The second-order valence-corrected chi connectivity index (χ2v) is 5.19. The summed E-state index contributed by atoms with van der Waals surface area (Å²) in [5.74, 6) is 0.120. The molecule has 0 N–H and O–H groups in total. The predicted molar refractivity (Wildman–Crippen MR) is 68.9 cm³/mol. The number of nitrogens with zero attached hydrogens (tertiary/aromatic N) is 1. The first kappa shape index (κ1) is 10.6. The maximum absolute atomic E-state index is 11.9. The van der Waals surface area contributed by atoms with Crippen molar-refractivity contribution in [2.75, 3.05) is 4.90 Å². The molecule has 1 unspecified atom stereocenters. The van der Waals surface area contributed by atoms with E-state index in [1.54, 1.807) is 6.92 Å². The largest absolute Gasteiger partial charge is 0.284 e. The van der Waals surface area contributed by atoms with E-state index < -0.39 is 0 Å². The minimum Gasteiger partial charge on any atom is -0.284 e. The molecular weight excluding hydrogens is 210 g/mol. The number of hydrogen-bond donors (Lipinski definition) is 0. The number of rotatable bonds is 0. The first-order valence-corrected chi connectivity index (χ1v) is 6.25. The average Bonchev–Trinajstić information content (AvgIpc) is 2.59. The molecule has 0 bridgehead atoms. The standard InChI is InChI=1S/C15H17NO/c1-11(17)16-13-8-4-3-7-12(13)15(2)10-6-5-9-14(15)16/h3-4,7-9H,5-6,10H2,1-2H3. The molecule has 0 fully saturated rings. The number of carbonyl (C=O) groups is 1. The molecular formula is C15H17NO. The van der Waals surface area contributed by atoms with Crippen LogP contribution in [0.3, 0.4) is 0 Å². The van der Waals surface area contributed by atoms with Crippen LogP contribution in [0.15, 0.2) is 36.0 Å². The third kappa shape index (κ3) is 1.30. The summed E-state index contributed by atoms with van der Waals surface area (Å²) in [4.78, 5) is 13.8. The molecule has 1 atom stereocenters. The molecule has 0 radical (unpaired) electrons. The Bertz CT molecular complexity index is 517. The molecule has 0 spiro atoms. The van der Waals surface area contributed by atoms with Crippen LogP contribution >= 0.6 is 0 Å². The molecule has 1 aliphatic heterocycles. The molecule has 2 aliphatic rings. The molecule has 1 aromatic rings. The van der Waals surface area contributed by atoms with Crippen molar-refractivity contribution in [1.82, 2.24) is 0 Å². The Labute approximate surface area is 102 Å². The van der Waals surface area contributed by atoms with E-state index in [0.29, 0.717) is 0 Å². The highest BCUT2D eigenvalue weighted by Gasteiger charge is 2.45. The summed E-state index contributed by atoms with van der Waals surface area (Å²) >= 11 is 0. The van der Waals surface area contributed by atoms with Crippen LogP contribution in [0.25, 0.3) is 0 Å². The van der Waals surface area contributed by atoms with Crippen molar-refractivity contribution in [1.29, 1.82) is 0 Å². The lowest BCUT2D eigenvalue weighted by Crippen LogP contribution is -2.33. The van der Waals surface area contributed by atoms with E-state index in [1.807, 2.05) is 11.0 Å². The number of carbonyl (C=O) groups excluding carboxylic acids is 1. The number of hydrogen-bond acceptors (Lipinski definition) is 1. The van der Waals surface area contributed by atoms with Gasteiger partial charge in [0, 0.05) is 18.0 Å². The third-order valence-corrected chi connectivity index (χ3v) is 4.08. The van der Waals surface area contributed by atoms with Crippen LogP contribution in [0.2, 0.25) is 0 Å². The molecule has 0 saturated heterocycles. The Morgan fingerprint density at radius 2 is 2.12 bits per heavy atom. The average molecular weight is 227 g/mol. The number of anilines is 1. The van der Waals surface area contributed by atoms with Gasteiger partial charge in [0.1, 0.15) is 0 Å². The molecule has 1 aliphatic carbocycles. The number of benzene rings is 1. The minimum atomic E-state index is 0.0422. The van der Waals surface area contributed by atoms with E-state index in [0.717, 1.165) is 18.5 Å². The lowest BCUT2D eigenvalue weighted by Gasteiger charge is -2.32. The predicted octanol–water partition coefficient (Wildman–Crippen LogP) is 3.38. The van der Waals surface area contributed by atoms with Gasteiger partial charge in [0.2, 0.25) is 5.91 Å². The van der Waals surface area contributed by atoms with Gasteiger partial charge < -0.3 is 0 Å². The van der Waals surface area contributed by atoms with Crippen LogP contribution in [0.5, 0.6) is 0 Å². The Hall–Kier alpha value is -1.57. The fraction of sp³-hybridized carbons (Fsp3) is 0.400. The van der Waals surface area contributed by atoms with Crippen LogP contribution in [-0.4, -0.2) is 5.91 Å². The SMILES string of the molecule is CC(=O)N1C2=CCCCC2(C)c2ccccc21. The summed E-state index contributed by atoms with van der Waals surface area (Å²) < 4.78 is 0. The van der Waals surface area contributed by atoms with Crippen molar-refractivity contribution in [3.8, 4) is 0 Å². The van der Waals surface area contributed by atoms with Crippen LogP contribution in [0.1, 0.15) is 38.7 Å². The maximum Gasteiger partial charge on any atom is 0.228 e. The van der Waals surface area contributed by atoms with Gasteiger partial charge >= 0.3 is 0 Å². The Morgan fingerprint density at radius 3 is 2.88 bits per heavy atom. The fourth-order valence-corrected chi connectivity index (χ4v) is 3.26. The molecule has 3 rings (SSSR count). The second-order valence-electron chi connectivity index (χ2n) is 5.19. The van der Waals surface area contributed by atoms with Gasteiger partial charge in [-0.1, -0.05) is 24.3 Å². The normalized spacial score (nSPS) is 26.2. The van der Waals surface area contributed by atoms with Gasteiger partial charge in [0.15, 0.2) is 0 Å². The van der Waals surface area contributed by atoms with Gasteiger partial charge in [0.25, 0.3) is 0 Å².